The van der Waals surface area contributed by atoms with Gasteiger partial charge >= 0.3 is 6.18 Å². The average molecular weight is 167 g/mol. The van der Waals surface area contributed by atoms with Crippen LogP contribution in [-0.4, -0.2) is 18.8 Å². The van der Waals surface area contributed by atoms with Gasteiger partial charge in [0.25, 0.3) is 0 Å². The Labute approximate surface area is 64.0 Å². The fourth-order valence-corrected chi connectivity index (χ4v) is 1.43. The maximum Gasteiger partial charge on any atom is 0.391 e. The molecular formula is C7H12F3N. The standard InChI is InChI=1S/C7H12F3N/c1-5-4-6(2-3-11-5)7(8,9)10/h5-6,11H,2-4H2,1H3/t5-,6+/m1/s1. The molecular weight excluding hydrogens is 155 g/mol. The quantitative estimate of drug-likeness (QED) is 0.581. The maximum atomic E-state index is 12.1. The largest absolute Gasteiger partial charge is 0.391 e. The highest BCUT2D eigenvalue weighted by molar-refractivity contribution is 4.79. The lowest BCUT2D eigenvalue weighted by atomic mass is 9.93. The minimum absolute atomic E-state index is 0.00961. The molecule has 0 bridgehead atoms. The topological polar surface area (TPSA) is 12.0 Å². The van der Waals surface area contributed by atoms with Crippen LogP contribution < -0.4 is 5.32 Å². The molecule has 1 rings (SSSR count). The van der Waals surface area contributed by atoms with Crippen LogP contribution in [0.1, 0.15) is 19.8 Å². The number of piperidine rings is 1. The normalized spacial score (nSPS) is 33.8. The molecule has 1 N–H and O–H groups in total. The summed E-state index contributed by atoms with van der Waals surface area (Å²) in [5.41, 5.74) is 0. The van der Waals surface area contributed by atoms with Crippen LogP contribution in [0.15, 0.2) is 0 Å². The highest BCUT2D eigenvalue weighted by Gasteiger charge is 2.41. The minimum Gasteiger partial charge on any atom is -0.314 e. The van der Waals surface area contributed by atoms with Crippen molar-refractivity contribution in [1.82, 2.24) is 5.32 Å². The summed E-state index contributed by atoms with van der Waals surface area (Å²) >= 11 is 0. The number of halogens is 3. The van der Waals surface area contributed by atoms with Gasteiger partial charge in [-0.15, -0.1) is 0 Å². The SMILES string of the molecule is C[C@@H]1C[C@@H](C(F)(F)F)CCN1. The van der Waals surface area contributed by atoms with Crippen LogP contribution in [0.4, 0.5) is 13.2 Å². The third-order valence-corrected chi connectivity index (χ3v) is 2.09. The lowest BCUT2D eigenvalue weighted by Crippen LogP contribution is -2.41. The highest BCUT2D eigenvalue weighted by atomic mass is 19.4. The summed E-state index contributed by atoms with van der Waals surface area (Å²) in [5, 5.41) is 2.98. The van der Waals surface area contributed by atoms with Crippen LogP contribution in [0.2, 0.25) is 0 Å². The summed E-state index contributed by atoms with van der Waals surface area (Å²) in [6, 6.07) is 0.00961. The lowest BCUT2D eigenvalue weighted by molar-refractivity contribution is -0.182. The molecule has 11 heavy (non-hydrogen) atoms. The van der Waals surface area contributed by atoms with Crippen LogP contribution in [0.5, 0.6) is 0 Å². The summed E-state index contributed by atoms with van der Waals surface area (Å²) in [7, 11) is 0. The Bertz CT molecular complexity index is 132. The molecule has 0 saturated carbocycles. The number of hydrogen-bond acceptors (Lipinski definition) is 1. The van der Waals surface area contributed by atoms with E-state index in [2.05, 4.69) is 5.32 Å². The number of alkyl halides is 3. The molecule has 0 aromatic heterocycles. The molecule has 0 spiro atoms. The lowest BCUT2D eigenvalue weighted by Gasteiger charge is -2.29. The zero-order chi connectivity index (χ0) is 8.48. The van der Waals surface area contributed by atoms with Crippen molar-refractivity contribution in [2.45, 2.75) is 32.0 Å². The van der Waals surface area contributed by atoms with Gasteiger partial charge in [-0.05, 0) is 26.3 Å². The molecule has 1 nitrogen and oxygen atoms in total. The summed E-state index contributed by atoms with van der Waals surface area (Å²) in [5.74, 6) is -1.08. The van der Waals surface area contributed by atoms with E-state index in [1.54, 1.807) is 6.92 Å². The molecule has 0 aliphatic carbocycles. The van der Waals surface area contributed by atoms with E-state index in [1.807, 2.05) is 0 Å². The highest BCUT2D eigenvalue weighted by Crippen LogP contribution is 2.33. The predicted molar refractivity (Wildman–Crippen MR) is 36.2 cm³/mol. The number of rotatable bonds is 0. The third kappa shape index (κ3) is 2.36. The third-order valence-electron chi connectivity index (χ3n) is 2.09. The second kappa shape index (κ2) is 3.01. The van der Waals surface area contributed by atoms with Crippen LogP contribution in [-0.2, 0) is 0 Å². The van der Waals surface area contributed by atoms with Crippen LogP contribution in [0.3, 0.4) is 0 Å². The van der Waals surface area contributed by atoms with Gasteiger partial charge in [-0.2, -0.15) is 13.2 Å². The summed E-state index contributed by atoms with van der Waals surface area (Å²) in [4.78, 5) is 0. The van der Waals surface area contributed by atoms with Crippen molar-refractivity contribution in [2.75, 3.05) is 6.54 Å². The van der Waals surface area contributed by atoms with E-state index < -0.39 is 12.1 Å². The smallest absolute Gasteiger partial charge is 0.314 e. The fraction of sp³-hybridized carbons (Fsp3) is 1.00. The summed E-state index contributed by atoms with van der Waals surface area (Å²) in [6.45, 7) is 2.28. The van der Waals surface area contributed by atoms with E-state index >= 15 is 0 Å². The Kier molecular flexibility index (Phi) is 2.42. The molecule has 1 fully saturated rings. The van der Waals surface area contributed by atoms with Gasteiger partial charge in [0.2, 0.25) is 0 Å². The Hall–Kier alpha value is -0.250. The average Bonchev–Trinajstić information content (AvgIpc) is 1.86. The van der Waals surface area contributed by atoms with Crippen molar-refractivity contribution in [3.8, 4) is 0 Å². The number of nitrogens with one attached hydrogen (secondary N) is 1. The van der Waals surface area contributed by atoms with Gasteiger partial charge in [-0.3, -0.25) is 0 Å². The van der Waals surface area contributed by atoms with Gasteiger partial charge in [0.15, 0.2) is 0 Å². The van der Waals surface area contributed by atoms with E-state index in [1.165, 1.54) is 0 Å². The van der Waals surface area contributed by atoms with Crippen molar-refractivity contribution < 1.29 is 13.2 Å². The second-order valence-electron chi connectivity index (χ2n) is 3.12. The van der Waals surface area contributed by atoms with Gasteiger partial charge in [-0.25, -0.2) is 0 Å². The van der Waals surface area contributed by atoms with Gasteiger partial charge in [-0.1, -0.05) is 0 Å². The molecule has 0 aromatic rings. The molecule has 1 saturated heterocycles. The first-order valence-corrected chi connectivity index (χ1v) is 3.80. The molecule has 0 radical (unpaired) electrons. The van der Waals surface area contributed by atoms with Crippen molar-refractivity contribution >= 4 is 0 Å². The van der Waals surface area contributed by atoms with Crippen LogP contribution in [0.25, 0.3) is 0 Å². The molecule has 4 heteroatoms. The van der Waals surface area contributed by atoms with Crippen LogP contribution in [0, 0.1) is 5.92 Å². The van der Waals surface area contributed by atoms with E-state index in [4.69, 9.17) is 0 Å². The molecule has 66 valence electrons. The Morgan fingerprint density at radius 3 is 2.36 bits per heavy atom. The van der Waals surface area contributed by atoms with E-state index in [0.717, 1.165) is 0 Å². The van der Waals surface area contributed by atoms with Gasteiger partial charge < -0.3 is 5.32 Å². The van der Waals surface area contributed by atoms with E-state index in [-0.39, 0.29) is 18.9 Å². The Morgan fingerprint density at radius 1 is 1.36 bits per heavy atom. The molecule has 2 atom stereocenters. The van der Waals surface area contributed by atoms with E-state index in [0.29, 0.717) is 6.54 Å². The molecule has 0 unspecified atom stereocenters. The van der Waals surface area contributed by atoms with Gasteiger partial charge in [0.1, 0.15) is 0 Å². The first kappa shape index (κ1) is 8.84. The van der Waals surface area contributed by atoms with Crippen molar-refractivity contribution in [1.29, 1.82) is 0 Å². The first-order chi connectivity index (χ1) is 5.00. The second-order valence-corrected chi connectivity index (χ2v) is 3.12. The van der Waals surface area contributed by atoms with Gasteiger partial charge in [0, 0.05) is 6.04 Å². The monoisotopic (exact) mass is 167 g/mol. The maximum absolute atomic E-state index is 12.1. The first-order valence-electron chi connectivity index (χ1n) is 3.80. The molecule has 1 aliphatic rings. The predicted octanol–water partition coefficient (Wildman–Crippen LogP) is 1.94. The van der Waals surface area contributed by atoms with Crippen molar-refractivity contribution in [3.63, 3.8) is 0 Å². The zero-order valence-electron chi connectivity index (χ0n) is 6.41. The van der Waals surface area contributed by atoms with E-state index in [9.17, 15) is 13.2 Å². The summed E-state index contributed by atoms with van der Waals surface area (Å²) < 4.78 is 36.3. The zero-order valence-corrected chi connectivity index (χ0v) is 6.41. The molecule has 1 aliphatic heterocycles. The Balaban J connectivity index is 2.46. The number of hydrogen-bond donors (Lipinski definition) is 1. The fourth-order valence-electron chi connectivity index (χ4n) is 1.43. The Morgan fingerprint density at radius 2 is 2.00 bits per heavy atom. The molecule has 0 amide bonds. The van der Waals surface area contributed by atoms with Crippen LogP contribution >= 0.6 is 0 Å². The molecule has 0 aromatic carbocycles. The molecule has 1 heterocycles. The van der Waals surface area contributed by atoms with Crippen molar-refractivity contribution in [3.05, 3.63) is 0 Å². The van der Waals surface area contributed by atoms with Gasteiger partial charge in [0.05, 0.1) is 5.92 Å². The van der Waals surface area contributed by atoms with Crippen molar-refractivity contribution in [2.24, 2.45) is 5.92 Å². The summed E-state index contributed by atoms with van der Waals surface area (Å²) in [6.07, 6.45) is -3.53. The minimum atomic E-state index is -3.99.